The first kappa shape index (κ1) is 19.4. The van der Waals surface area contributed by atoms with Gasteiger partial charge in [0.15, 0.2) is 0 Å². The number of hydrazine groups is 2. The molecule has 1 amide bonds. The summed E-state index contributed by atoms with van der Waals surface area (Å²) in [7, 11) is 1.65. The molecule has 2 atom stereocenters. The van der Waals surface area contributed by atoms with Crippen LogP contribution < -0.4 is 31.3 Å². The Balaban J connectivity index is 1.35. The molecule has 2 fully saturated rings. The lowest BCUT2D eigenvalue weighted by Crippen LogP contribution is -2.57. The number of piperazine rings is 1. The molecular weight excluding hydrogens is 375 g/mol. The highest BCUT2D eigenvalue weighted by Crippen LogP contribution is 2.21. The number of benzene rings is 2. The van der Waals surface area contributed by atoms with Crippen molar-refractivity contribution >= 4 is 17.3 Å². The molecule has 154 valence electrons. The zero-order valence-corrected chi connectivity index (χ0v) is 16.2. The van der Waals surface area contributed by atoms with Crippen LogP contribution >= 0.6 is 0 Å². The number of ether oxygens (including phenoxy) is 1. The summed E-state index contributed by atoms with van der Waals surface area (Å²) in [6.07, 6.45) is -0.473. The summed E-state index contributed by atoms with van der Waals surface area (Å²) in [6.45, 7) is 2.74. The third-order valence-corrected chi connectivity index (χ3v) is 5.27. The molecule has 0 aromatic heterocycles. The Hall–Kier alpha value is -2.88. The molecule has 2 aromatic rings. The van der Waals surface area contributed by atoms with Crippen LogP contribution in [0.5, 0.6) is 5.75 Å². The first-order valence-corrected chi connectivity index (χ1v) is 9.60. The smallest absolute Gasteiger partial charge is 0.244 e. The molecule has 29 heavy (non-hydrogen) atoms. The second-order valence-corrected chi connectivity index (χ2v) is 7.00. The Bertz CT molecular complexity index is 841. The molecule has 2 heterocycles. The van der Waals surface area contributed by atoms with Gasteiger partial charge in [-0.2, -0.15) is 5.53 Å². The first-order valence-electron chi connectivity index (χ1n) is 9.60. The number of halogens is 1. The van der Waals surface area contributed by atoms with E-state index in [1.165, 1.54) is 6.07 Å². The van der Waals surface area contributed by atoms with Crippen molar-refractivity contribution < 1.29 is 13.9 Å². The molecule has 2 aromatic carbocycles. The van der Waals surface area contributed by atoms with Crippen molar-refractivity contribution in [2.75, 3.05) is 43.5 Å². The third kappa shape index (κ3) is 4.26. The summed E-state index contributed by atoms with van der Waals surface area (Å²) in [5.74, 6) is 0.425. The molecule has 4 rings (SSSR count). The number of methoxy groups -OCH3 is 1. The summed E-state index contributed by atoms with van der Waals surface area (Å²) >= 11 is 0. The van der Waals surface area contributed by atoms with Crippen LogP contribution in [-0.2, 0) is 4.79 Å². The van der Waals surface area contributed by atoms with Crippen molar-refractivity contribution in [1.29, 1.82) is 0 Å². The number of anilines is 2. The van der Waals surface area contributed by atoms with Crippen molar-refractivity contribution in [2.45, 2.75) is 12.2 Å². The maximum atomic E-state index is 13.9. The number of nitrogens with zero attached hydrogens (tertiary/aromatic N) is 2. The molecule has 0 saturated carbocycles. The zero-order valence-electron chi connectivity index (χ0n) is 16.2. The molecule has 0 radical (unpaired) electrons. The van der Waals surface area contributed by atoms with E-state index in [9.17, 15) is 9.18 Å². The van der Waals surface area contributed by atoms with E-state index < -0.39 is 12.2 Å². The quantitative estimate of drug-likeness (QED) is 0.594. The van der Waals surface area contributed by atoms with Crippen LogP contribution in [0, 0.1) is 5.82 Å². The second-order valence-electron chi connectivity index (χ2n) is 7.00. The summed E-state index contributed by atoms with van der Waals surface area (Å²) in [4.78, 5) is 17.1. The molecule has 8 nitrogen and oxygen atoms in total. The minimum atomic E-state index is -0.554. The van der Waals surface area contributed by atoms with E-state index >= 15 is 0 Å². The van der Waals surface area contributed by atoms with E-state index in [1.807, 2.05) is 29.2 Å². The summed E-state index contributed by atoms with van der Waals surface area (Å²) in [6, 6.07) is 13.8. The molecule has 2 saturated heterocycles. The molecule has 0 aliphatic carbocycles. The van der Waals surface area contributed by atoms with Gasteiger partial charge in [-0.15, -0.1) is 0 Å². The standard InChI is InChI=1S/C20H25FN6O2/c1-29-15-8-6-14(7-9-15)26-10-12-27(13-11-26)20(28)18-19(24-25-23-18)22-17-5-3-2-4-16(17)21/h2-9,18-19,22-25H,10-13H2,1H3. The molecule has 2 unspecified atom stereocenters. The van der Waals surface area contributed by atoms with Crippen molar-refractivity contribution in [3.8, 4) is 5.75 Å². The second kappa shape index (κ2) is 8.64. The number of amides is 1. The van der Waals surface area contributed by atoms with E-state index in [1.54, 1.807) is 25.3 Å². The van der Waals surface area contributed by atoms with Crippen molar-refractivity contribution in [3.63, 3.8) is 0 Å². The minimum Gasteiger partial charge on any atom is -0.497 e. The van der Waals surface area contributed by atoms with Gasteiger partial charge in [-0.3, -0.25) is 4.79 Å². The fourth-order valence-electron chi connectivity index (χ4n) is 3.61. The fraction of sp³-hybridized carbons (Fsp3) is 0.350. The van der Waals surface area contributed by atoms with Gasteiger partial charge in [0.25, 0.3) is 0 Å². The minimum absolute atomic E-state index is 0.0364. The highest BCUT2D eigenvalue weighted by atomic mass is 19.1. The maximum absolute atomic E-state index is 13.9. The molecule has 0 spiro atoms. The van der Waals surface area contributed by atoms with Gasteiger partial charge in [-0.25, -0.2) is 15.2 Å². The van der Waals surface area contributed by atoms with Gasteiger partial charge in [0.1, 0.15) is 23.8 Å². The van der Waals surface area contributed by atoms with Crippen molar-refractivity contribution in [2.24, 2.45) is 0 Å². The molecule has 2 aliphatic heterocycles. The van der Waals surface area contributed by atoms with Crippen LogP contribution in [-0.4, -0.2) is 56.3 Å². The number of carbonyl (C=O) groups excluding carboxylic acids is 1. The number of hydrogen-bond acceptors (Lipinski definition) is 7. The average molecular weight is 400 g/mol. The van der Waals surface area contributed by atoms with Crippen LogP contribution in [0.4, 0.5) is 15.8 Å². The van der Waals surface area contributed by atoms with Gasteiger partial charge in [0, 0.05) is 31.9 Å². The van der Waals surface area contributed by atoms with E-state index in [0.717, 1.165) is 24.5 Å². The average Bonchev–Trinajstić information content (AvgIpc) is 3.23. The summed E-state index contributed by atoms with van der Waals surface area (Å²) < 4.78 is 19.1. The predicted octanol–water partition coefficient (Wildman–Crippen LogP) is 0.902. The lowest BCUT2D eigenvalue weighted by Gasteiger charge is -2.37. The molecular formula is C20H25FN6O2. The van der Waals surface area contributed by atoms with E-state index in [0.29, 0.717) is 18.8 Å². The summed E-state index contributed by atoms with van der Waals surface area (Å²) in [5, 5.41) is 3.04. The monoisotopic (exact) mass is 400 g/mol. The lowest BCUT2D eigenvalue weighted by molar-refractivity contribution is -0.133. The van der Waals surface area contributed by atoms with E-state index in [4.69, 9.17) is 4.74 Å². The van der Waals surface area contributed by atoms with Crippen LogP contribution in [0.3, 0.4) is 0 Å². The highest BCUT2D eigenvalue weighted by Gasteiger charge is 2.37. The van der Waals surface area contributed by atoms with Gasteiger partial charge in [0.2, 0.25) is 5.91 Å². The number of carbonyl (C=O) groups is 1. The van der Waals surface area contributed by atoms with Gasteiger partial charge in [-0.1, -0.05) is 12.1 Å². The topological polar surface area (TPSA) is 80.9 Å². The molecule has 4 N–H and O–H groups in total. The number of hydrogen-bond donors (Lipinski definition) is 4. The third-order valence-electron chi connectivity index (χ3n) is 5.27. The molecule has 0 bridgehead atoms. The van der Waals surface area contributed by atoms with Gasteiger partial charge < -0.3 is 19.9 Å². The Morgan fingerprint density at radius 2 is 1.79 bits per heavy atom. The van der Waals surface area contributed by atoms with E-state index in [-0.39, 0.29) is 11.7 Å². The van der Waals surface area contributed by atoms with Gasteiger partial charge in [-0.05, 0) is 36.4 Å². The molecule has 9 heteroatoms. The largest absolute Gasteiger partial charge is 0.497 e. The first-order chi connectivity index (χ1) is 14.2. The van der Waals surface area contributed by atoms with Gasteiger partial charge in [0.05, 0.1) is 12.8 Å². The highest BCUT2D eigenvalue weighted by molar-refractivity contribution is 5.83. The van der Waals surface area contributed by atoms with Crippen molar-refractivity contribution in [1.82, 2.24) is 21.3 Å². The zero-order chi connectivity index (χ0) is 20.2. The predicted molar refractivity (Wildman–Crippen MR) is 109 cm³/mol. The number of para-hydroxylation sites is 1. The Morgan fingerprint density at radius 3 is 2.48 bits per heavy atom. The maximum Gasteiger partial charge on any atom is 0.244 e. The van der Waals surface area contributed by atoms with Crippen LogP contribution in [0.25, 0.3) is 0 Å². The van der Waals surface area contributed by atoms with E-state index in [2.05, 4.69) is 26.6 Å². The van der Waals surface area contributed by atoms with Crippen molar-refractivity contribution in [3.05, 3.63) is 54.3 Å². The van der Waals surface area contributed by atoms with Crippen LogP contribution in [0.15, 0.2) is 48.5 Å². The van der Waals surface area contributed by atoms with Gasteiger partial charge >= 0.3 is 0 Å². The number of rotatable bonds is 5. The Morgan fingerprint density at radius 1 is 1.07 bits per heavy atom. The molecule has 2 aliphatic rings. The Labute approximate surface area is 168 Å². The fourth-order valence-corrected chi connectivity index (χ4v) is 3.61. The SMILES string of the molecule is COc1ccc(N2CCN(C(=O)C3NNNC3Nc3ccccc3F)CC2)cc1. The normalized spacial score (nSPS) is 21.9. The van der Waals surface area contributed by atoms with Crippen LogP contribution in [0.2, 0.25) is 0 Å². The van der Waals surface area contributed by atoms with Crippen LogP contribution in [0.1, 0.15) is 0 Å². The summed E-state index contributed by atoms with van der Waals surface area (Å²) in [5.41, 5.74) is 10.1. The Kier molecular flexibility index (Phi) is 5.79. The number of nitrogens with one attached hydrogen (secondary N) is 4. The lowest BCUT2D eigenvalue weighted by atomic mass is 10.1.